The molecule has 1 aliphatic heterocycles. The summed E-state index contributed by atoms with van der Waals surface area (Å²) in [4.78, 5) is 28.6. The van der Waals surface area contributed by atoms with Crippen LogP contribution < -0.4 is 0 Å². The first-order valence-corrected chi connectivity index (χ1v) is 9.95. The van der Waals surface area contributed by atoms with Crippen molar-refractivity contribution in [2.24, 2.45) is 0 Å². The molecule has 0 radical (unpaired) electrons. The largest absolute Gasteiger partial charge is 0.452 e. The molecule has 0 saturated carbocycles. The first-order chi connectivity index (χ1) is 14.7. The molecule has 3 heterocycles. The lowest BCUT2D eigenvalue weighted by molar-refractivity contribution is -0.136. The lowest BCUT2D eigenvalue weighted by Crippen LogP contribution is -2.49. The van der Waals surface area contributed by atoms with Gasteiger partial charge in [-0.05, 0) is 23.8 Å². The zero-order chi connectivity index (χ0) is 20.8. The molecule has 1 saturated heterocycles. The number of rotatable bonds is 7. The Hall–Kier alpha value is -3.39. The molecule has 1 aromatic carbocycles. The summed E-state index contributed by atoms with van der Waals surface area (Å²) < 4.78 is 12.3. The first-order valence-electron chi connectivity index (χ1n) is 9.95. The minimum atomic E-state index is -0.641. The van der Waals surface area contributed by atoms with Gasteiger partial charge in [0, 0.05) is 45.1 Å². The zero-order valence-corrected chi connectivity index (χ0v) is 16.6. The molecule has 0 aliphatic carbocycles. The number of amides is 1. The molecule has 156 valence electrons. The zero-order valence-electron chi connectivity index (χ0n) is 16.6. The SMILES string of the molecule is O=C(OCC(=O)N1CCN(Cc2ccccc2)CC1)c1ccc(Cn2cccn2)o1. The van der Waals surface area contributed by atoms with Gasteiger partial charge < -0.3 is 14.1 Å². The molecule has 0 bridgehead atoms. The molecule has 0 unspecified atom stereocenters. The topological polar surface area (TPSA) is 80.8 Å². The van der Waals surface area contributed by atoms with Crippen molar-refractivity contribution in [2.45, 2.75) is 13.1 Å². The number of furan rings is 1. The third-order valence-electron chi connectivity index (χ3n) is 5.04. The van der Waals surface area contributed by atoms with E-state index in [9.17, 15) is 9.59 Å². The van der Waals surface area contributed by atoms with E-state index in [2.05, 4.69) is 22.1 Å². The first kappa shape index (κ1) is 19.9. The summed E-state index contributed by atoms with van der Waals surface area (Å²) in [5.74, 6) is -0.159. The van der Waals surface area contributed by atoms with Crippen molar-refractivity contribution in [2.75, 3.05) is 32.8 Å². The van der Waals surface area contributed by atoms with Crippen LogP contribution in [0.4, 0.5) is 0 Å². The van der Waals surface area contributed by atoms with Crippen molar-refractivity contribution in [1.29, 1.82) is 0 Å². The van der Waals surface area contributed by atoms with Gasteiger partial charge in [-0.15, -0.1) is 0 Å². The minimum Gasteiger partial charge on any atom is -0.452 e. The van der Waals surface area contributed by atoms with Crippen molar-refractivity contribution < 1.29 is 18.7 Å². The molecule has 2 aromatic heterocycles. The van der Waals surface area contributed by atoms with Gasteiger partial charge in [0.2, 0.25) is 5.76 Å². The normalized spacial score (nSPS) is 14.6. The lowest BCUT2D eigenvalue weighted by Gasteiger charge is -2.34. The van der Waals surface area contributed by atoms with E-state index in [4.69, 9.17) is 9.15 Å². The molecule has 3 aromatic rings. The standard InChI is InChI=1S/C22H24N4O4/c27-21(25-13-11-24(12-14-25)15-18-5-2-1-3-6-18)17-29-22(28)20-8-7-19(30-20)16-26-10-4-9-23-26/h1-10H,11-17H2. The van der Waals surface area contributed by atoms with E-state index in [0.717, 1.165) is 19.6 Å². The van der Waals surface area contributed by atoms with E-state index in [1.54, 1.807) is 34.1 Å². The average Bonchev–Trinajstić information content (AvgIpc) is 3.46. The summed E-state index contributed by atoms with van der Waals surface area (Å²) in [5, 5.41) is 4.09. The number of nitrogens with zero attached hydrogens (tertiary/aromatic N) is 4. The van der Waals surface area contributed by atoms with Gasteiger partial charge in [-0.2, -0.15) is 5.10 Å². The number of aromatic nitrogens is 2. The molecule has 8 heteroatoms. The van der Waals surface area contributed by atoms with Crippen molar-refractivity contribution in [3.63, 3.8) is 0 Å². The fraction of sp³-hybridized carbons (Fsp3) is 0.318. The molecule has 8 nitrogen and oxygen atoms in total. The lowest BCUT2D eigenvalue weighted by atomic mass is 10.2. The fourth-order valence-electron chi connectivity index (χ4n) is 3.41. The highest BCUT2D eigenvalue weighted by atomic mass is 16.5. The van der Waals surface area contributed by atoms with Gasteiger partial charge in [-0.1, -0.05) is 30.3 Å². The Labute approximate surface area is 174 Å². The monoisotopic (exact) mass is 408 g/mol. The molecule has 0 N–H and O–H groups in total. The molecule has 1 fully saturated rings. The number of piperazine rings is 1. The smallest absolute Gasteiger partial charge is 0.374 e. The Bertz CT molecular complexity index is 960. The van der Waals surface area contributed by atoms with Crippen molar-refractivity contribution in [3.05, 3.63) is 78.0 Å². The van der Waals surface area contributed by atoms with Crippen LogP contribution in [0.25, 0.3) is 0 Å². The van der Waals surface area contributed by atoms with Crippen molar-refractivity contribution >= 4 is 11.9 Å². The number of benzene rings is 1. The molecule has 0 spiro atoms. The van der Waals surface area contributed by atoms with Crippen molar-refractivity contribution in [3.8, 4) is 0 Å². The van der Waals surface area contributed by atoms with E-state index < -0.39 is 5.97 Å². The van der Waals surface area contributed by atoms with Crippen LogP contribution >= 0.6 is 0 Å². The fourth-order valence-corrected chi connectivity index (χ4v) is 3.41. The Morgan fingerprint density at radius 3 is 2.50 bits per heavy atom. The Kier molecular flexibility index (Phi) is 6.24. The number of hydrogen-bond donors (Lipinski definition) is 0. The summed E-state index contributed by atoms with van der Waals surface area (Å²) in [7, 11) is 0. The van der Waals surface area contributed by atoms with E-state index in [0.29, 0.717) is 25.4 Å². The van der Waals surface area contributed by atoms with Gasteiger partial charge in [0.25, 0.3) is 5.91 Å². The van der Waals surface area contributed by atoms with Crippen LogP contribution in [0.5, 0.6) is 0 Å². The summed E-state index contributed by atoms with van der Waals surface area (Å²) in [6.45, 7) is 3.85. The highest BCUT2D eigenvalue weighted by molar-refractivity contribution is 5.88. The molecular weight excluding hydrogens is 384 g/mol. The van der Waals surface area contributed by atoms with E-state index in [1.807, 2.05) is 24.3 Å². The van der Waals surface area contributed by atoms with Crippen LogP contribution in [-0.2, 0) is 22.6 Å². The summed E-state index contributed by atoms with van der Waals surface area (Å²) in [6, 6.07) is 15.3. The third kappa shape index (κ3) is 5.15. The van der Waals surface area contributed by atoms with E-state index in [-0.39, 0.29) is 18.3 Å². The second-order valence-corrected chi connectivity index (χ2v) is 7.19. The molecule has 4 rings (SSSR count). The van der Waals surface area contributed by atoms with Crippen molar-refractivity contribution in [1.82, 2.24) is 19.6 Å². The highest BCUT2D eigenvalue weighted by Crippen LogP contribution is 2.12. The van der Waals surface area contributed by atoms with Crippen LogP contribution in [0.1, 0.15) is 21.9 Å². The van der Waals surface area contributed by atoms with Crippen LogP contribution in [-0.4, -0.2) is 64.2 Å². The van der Waals surface area contributed by atoms with E-state index >= 15 is 0 Å². The van der Waals surface area contributed by atoms with Gasteiger partial charge >= 0.3 is 5.97 Å². The predicted octanol–water partition coefficient (Wildman–Crippen LogP) is 2.03. The van der Waals surface area contributed by atoms with Crippen LogP contribution in [0.15, 0.2) is 65.3 Å². The Balaban J connectivity index is 1.20. The summed E-state index contributed by atoms with van der Waals surface area (Å²) in [5.41, 5.74) is 1.26. The number of esters is 1. The van der Waals surface area contributed by atoms with Crippen LogP contribution in [0, 0.1) is 0 Å². The van der Waals surface area contributed by atoms with Gasteiger partial charge in [0.05, 0.1) is 6.54 Å². The minimum absolute atomic E-state index is 0.0811. The van der Waals surface area contributed by atoms with Crippen LogP contribution in [0.3, 0.4) is 0 Å². The third-order valence-corrected chi connectivity index (χ3v) is 5.04. The second-order valence-electron chi connectivity index (χ2n) is 7.19. The summed E-state index contributed by atoms with van der Waals surface area (Å²) >= 11 is 0. The quantitative estimate of drug-likeness (QED) is 0.557. The van der Waals surface area contributed by atoms with Gasteiger partial charge in [-0.25, -0.2) is 4.79 Å². The van der Waals surface area contributed by atoms with Gasteiger partial charge in [-0.3, -0.25) is 14.4 Å². The molecular formula is C22H24N4O4. The number of carbonyl (C=O) groups excluding carboxylic acids is 2. The van der Waals surface area contributed by atoms with Gasteiger partial charge in [0.15, 0.2) is 6.61 Å². The Morgan fingerprint density at radius 1 is 0.967 bits per heavy atom. The number of ether oxygens (including phenoxy) is 1. The predicted molar refractivity (Wildman–Crippen MR) is 109 cm³/mol. The van der Waals surface area contributed by atoms with E-state index in [1.165, 1.54) is 5.56 Å². The highest BCUT2D eigenvalue weighted by Gasteiger charge is 2.23. The molecule has 30 heavy (non-hydrogen) atoms. The molecule has 1 aliphatic rings. The van der Waals surface area contributed by atoms with Crippen LogP contribution in [0.2, 0.25) is 0 Å². The maximum absolute atomic E-state index is 12.4. The average molecular weight is 408 g/mol. The summed E-state index contributed by atoms with van der Waals surface area (Å²) in [6.07, 6.45) is 3.48. The molecule has 0 atom stereocenters. The number of carbonyl (C=O) groups is 2. The maximum atomic E-state index is 12.4. The van der Waals surface area contributed by atoms with Gasteiger partial charge in [0.1, 0.15) is 5.76 Å². The second kappa shape index (κ2) is 9.41. The maximum Gasteiger partial charge on any atom is 0.374 e. The number of hydrogen-bond acceptors (Lipinski definition) is 6. The molecule has 1 amide bonds. The Morgan fingerprint density at radius 2 is 1.77 bits per heavy atom.